The predicted octanol–water partition coefficient (Wildman–Crippen LogP) is 9.56. The van der Waals surface area contributed by atoms with Crippen LogP contribution in [0.4, 0.5) is 17.1 Å². The van der Waals surface area contributed by atoms with Gasteiger partial charge in [-0.15, -0.1) is 0 Å². The molecule has 11 rings (SSSR count). The smallest absolute Gasteiger partial charge is 0.119 e. The number of nitrogens with zero attached hydrogens (tertiary/aromatic N) is 1. The summed E-state index contributed by atoms with van der Waals surface area (Å²) in [6.07, 6.45) is 0.921. The van der Waals surface area contributed by atoms with Gasteiger partial charge in [0.15, 0.2) is 0 Å². The van der Waals surface area contributed by atoms with Gasteiger partial charge < -0.3 is 15.0 Å². The minimum Gasteiger partial charge on any atom is -0.497 e. The molecule has 1 unspecified atom stereocenters. The second kappa shape index (κ2) is 9.37. The fraction of sp³-hybridized carbons (Fsp3) is 0.163. The van der Waals surface area contributed by atoms with Crippen molar-refractivity contribution in [3.05, 3.63) is 176 Å². The Hall–Kier alpha value is -5.28. The van der Waals surface area contributed by atoms with Gasteiger partial charge in [0.25, 0.3) is 0 Å². The Balaban J connectivity index is 1.36. The van der Waals surface area contributed by atoms with E-state index in [0.29, 0.717) is 0 Å². The van der Waals surface area contributed by atoms with Crippen molar-refractivity contribution in [2.24, 2.45) is 0 Å². The Morgan fingerprint density at radius 3 is 1.72 bits per heavy atom. The molecule has 1 N–H and O–H groups in total. The number of nitrogens with one attached hydrogen (secondary N) is 1. The summed E-state index contributed by atoms with van der Waals surface area (Å²) in [6.45, 7) is 0. The van der Waals surface area contributed by atoms with Crippen LogP contribution >= 0.6 is 0 Å². The first-order valence-electron chi connectivity index (χ1n) is 16.3. The van der Waals surface area contributed by atoms with Gasteiger partial charge in [-0.25, -0.2) is 0 Å². The lowest BCUT2D eigenvalue weighted by Crippen LogP contribution is -2.33. The highest BCUT2D eigenvalue weighted by Crippen LogP contribution is 2.64. The van der Waals surface area contributed by atoms with Crippen molar-refractivity contribution in [2.45, 2.75) is 24.2 Å². The molecule has 0 aromatic heterocycles. The topological polar surface area (TPSA) is 24.5 Å². The van der Waals surface area contributed by atoms with Crippen LogP contribution in [0.25, 0.3) is 11.1 Å². The maximum atomic E-state index is 5.55. The fourth-order valence-corrected chi connectivity index (χ4v) is 9.41. The third-order valence-corrected chi connectivity index (χ3v) is 11.0. The molecule has 0 aliphatic heterocycles. The van der Waals surface area contributed by atoms with Crippen LogP contribution in [0.5, 0.6) is 5.75 Å². The third-order valence-electron chi connectivity index (χ3n) is 11.0. The maximum absolute atomic E-state index is 5.55. The van der Waals surface area contributed by atoms with Gasteiger partial charge in [0, 0.05) is 55.3 Å². The van der Waals surface area contributed by atoms with Crippen molar-refractivity contribution >= 4 is 17.1 Å². The Bertz CT molecular complexity index is 2190. The van der Waals surface area contributed by atoms with Crippen molar-refractivity contribution in [3.63, 3.8) is 0 Å². The lowest BCUT2D eigenvalue weighted by atomic mass is 9.57. The third kappa shape index (κ3) is 3.27. The molecule has 0 saturated carbocycles. The standard InChI is InChI=1S/C43H34N2O/c1-45(2)43-35-23-34-27-17-10-18-33(34)36(28-12-5-4-11-26(27)28)39(35)42(44-24-19-21-25(46-3)22-20-24)40-37-29-13-6-8-15-31(29)38(41(40)43)32-16-9-7-14-30(32)37/h4-22,36-38,44H,23H2,1-3H3. The van der Waals surface area contributed by atoms with Crippen LogP contribution in [0.1, 0.15) is 79.0 Å². The molecule has 1 atom stereocenters. The first-order chi connectivity index (χ1) is 22.6. The van der Waals surface area contributed by atoms with E-state index < -0.39 is 0 Å². The number of methoxy groups -OCH3 is 1. The van der Waals surface area contributed by atoms with E-state index in [1.165, 1.54) is 83.7 Å². The van der Waals surface area contributed by atoms with Gasteiger partial charge >= 0.3 is 0 Å². The van der Waals surface area contributed by atoms with Crippen LogP contribution in [-0.2, 0) is 6.42 Å². The summed E-state index contributed by atoms with van der Waals surface area (Å²) in [4.78, 5) is 2.42. The molecule has 6 aromatic carbocycles. The number of fused-ring (bicyclic) bond motifs is 5. The number of benzene rings is 6. The molecular formula is C43H34N2O. The van der Waals surface area contributed by atoms with E-state index in [0.717, 1.165) is 17.9 Å². The number of hydrogen-bond acceptors (Lipinski definition) is 3. The largest absolute Gasteiger partial charge is 0.497 e. The number of hydrogen-bond donors (Lipinski definition) is 1. The molecule has 5 aliphatic rings. The summed E-state index contributed by atoms with van der Waals surface area (Å²) in [5.41, 5.74) is 22.4. The molecule has 3 nitrogen and oxygen atoms in total. The average Bonchev–Trinajstić information content (AvgIpc) is 3.09. The summed E-state index contributed by atoms with van der Waals surface area (Å²) in [7, 11) is 6.23. The minimum atomic E-state index is 0.142. The van der Waals surface area contributed by atoms with Crippen molar-refractivity contribution < 1.29 is 4.74 Å². The molecule has 0 amide bonds. The maximum Gasteiger partial charge on any atom is 0.119 e. The normalized spacial score (nSPS) is 18.5. The highest BCUT2D eigenvalue weighted by Gasteiger charge is 2.48. The average molecular weight is 595 g/mol. The van der Waals surface area contributed by atoms with Crippen LogP contribution in [-0.4, -0.2) is 21.2 Å². The van der Waals surface area contributed by atoms with Crippen molar-refractivity contribution in [1.82, 2.24) is 0 Å². The van der Waals surface area contributed by atoms with Gasteiger partial charge in [0.1, 0.15) is 5.75 Å². The van der Waals surface area contributed by atoms with Gasteiger partial charge in [0.2, 0.25) is 0 Å². The van der Waals surface area contributed by atoms with Gasteiger partial charge in [-0.2, -0.15) is 0 Å². The van der Waals surface area contributed by atoms with E-state index in [2.05, 4.69) is 140 Å². The first-order valence-corrected chi connectivity index (χ1v) is 16.3. The molecule has 222 valence electrons. The number of ether oxygens (including phenoxy) is 1. The number of rotatable bonds is 4. The summed E-state index contributed by atoms with van der Waals surface area (Å²) >= 11 is 0. The number of anilines is 3. The zero-order valence-corrected chi connectivity index (χ0v) is 26.3. The van der Waals surface area contributed by atoms with E-state index in [1.807, 2.05) is 0 Å². The lowest BCUT2D eigenvalue weighted by Gasteiger charge is -2.48. The van der Waals surface area contributed by atoms with Crippen molar-refractivity contribution in [1.29, 1.82) is 0 Å². The summed E-state index contributed by atoms with van der Waals surface area (Å²) in [6, 6.07) is 42.9. The summed E-state index contributed by atoms with van der Waals surface area (Å²) in [5, 5.41) is 4.10. The van der Waals surface area contributed by atoms with Crippen LogP contribution < -0.4 is 15.0 Å². The first kappa shape index (κ1) is 26.0. The van der Waals surface area contributed by atoms with Gasteiger partial charge in [-0.05, 0) is 96.6 Å². The van der Waals surface area contributed by atoms with Crippen molar-refractivity contribution in [2.75, 3.05) is 31.4 Å². The molecule has 0 fully saturated rings. The molecule has 46 heavy (non-hydrogen) atoms. The Kier molecular flexibility index (Phi) is 5.29. The van der Waals surface area contributed by atoms with E-state index in [4.69, 9.17) is 4.74 Å². The Labute approximate surface area is 270 Å². The van der Waals surface area contributed by atoms with Gasteiger partial charge in [0.05, 0.1) is 7.11 Å². The molecular weight excluding hydrogens is 560 g/mol. The van der Waals surface area contributed by atoms with Crippen LogP contribution in [0.2, 0.25) is 0 Å². The Morgan fingerprint density at radius 2 is 1.09 bits per heavy atom. The van der Waals surface area contributed by atoms with Crippen LogP contribution in [0.15, 0.2) is 115 Å². The predicted molar refractivity (Wildman–Crippen MR) is 187 cm³/mol. The van der Waals surface area contributed by atoms with E-state index >= 15 is 0 Å². The molecule has 0 radical (unpaired) electrons. The Morgan fingerprint density at radius 1 is 0.543 bits per heavy atom. The highest BCUT2D eigenvalue weighted by atomic mass is 16.5. The van der Waals surface area contributed by atoms with Crippen LogP contribution in [0, 0.1) is 0 Å². The SMILES string of the molecule is COc1ccc(Nc2c3c(c(N(C)C)c4c2C2c5ccccc5C4c4ccccc42)Cc2c4cccc2C3c2ccccc2-4)cc1. The van der Waals surface area contributed by atoms with Gasteiger partial charge in [-0.1, -0.05) is 91.0 Å². The lowest BCUT2D eigenvalue weighted by molar-refractivity contribution is 0.415. The molecule has 0 heterocycles. The van der Waals surface area contributed by atoms with Crippen LogP contribution in [0.3, 0.4) is 0 Å². The molecule has 5 aliphatic carbocycles. The van der Waals surface area contributed by atoms with E-state index in [-0.39, 0.29) is 17.8 Å². The molecule has 0 spiro atoms. The monoisotopic (exact) mass is 594 g/mol. The second-order valence-corrected chi connectivity index (χ2v) is 13.4. The minimum absolute atomic E-state index is 0.142. The zero-order valence-electron chi connectivity index (χ0n) is 26.3. The second-order valence-electron chi connectivity index (χ2n) is 13.4. The fourth-order valence-electron chi connectivity index (χ4n) is 9.41. The summed E-state index contributed by atoms with van der Waals surface area (Å²) < 4.78 is 5.55. The molecule has 6 bridgehead atoms. The zero-order chi connectivity index (χ0) is 30.7. The molecule has 6 aromatic rings. The highest BCUT2D eigenvalue weighted by molar-refractivity contribution is 5.92. The quantitative estimate of drug-likeness (QED) is 0.220. The van der Waals surface area contributed by atoms with E-state index in [9.17, 15) is 0 Å². The summed E-state index contributed by atoms with van der Waals surface area (Å²) in [5.74, 6) is 1.34. The van der Waals surface area contributed by atoms with Gasteiger partial charge in [-0.3, -0.25) is 0 Å². The molecule has 0 saturated heterocycles. The van der Waals surface area contributed by atoms with E-state index in [1.54, 1.807) is 7.11 Å². The van der Waals surface area contributed by atoms with Crippen molar-refractivity contribution in [3.8, 4) is 16.9 Å². The molecule has 3 heteroatoms.